The SMILES string of the molecule is CCN(CC)C(=O)c1cc(Oc2ccc(N)c3ccccc23)ccn1. The fourth-order valence-corrected chi connectivity index (χ4v) is 2.78. The van der Waals surface area contributed by atoms with Crippen LogP contribution in [0.2, 0.25) is 0 Å². The Hall–Kier alpha value is -3.08. The number of amides is 1. The Morgan fingerprint density at radius 1 is 1.08 bits per heavy atom. The molecule has 2 N–H and O–H groups in total. The lowest BCUT2D eigenvalue weighted by Crippen LogP contribution is -2.31. The van der Waals surface area contributed by atoms with Gasteiger partial charge in [0, 0.05) is 41.8 Å². The van der Waals surface area contributed by atoms with E-state index in [1.807, 2.05) is 50.2 Å². The maximum Gasteiger partial charge on any atom is 0.272 e. The summed E-state index contributed by atoms with van der Waals surface area (Å²) in [6.45, 7) is 5.18. The largest absolute Gasteiger partial charge is 0.457 e. The number of hydrogen-bond acceptors (Lipinski definition) is 4. The number of nitrogen functional groups attached to an aromatic ring is 1. The Morgan fingerprint density at radius 2 is 1.80 bits per heavy atom. The maximum atomic E-state index is 12.5. The molecule has 128 valence electrons. The monoisotopic (exact) mass is 335 g/mol. The Kier molecular flexibility index (Phi) is 4.84. The molecule has 3 aromatic rings. The molecular formula is C20H21N3O2. The lowest BCUT2D eigenvalue weighted by Gasteiger charge is -2.18. The minimum Gasteiger partial charge on any atom is -0.457 e. The van der Waals surface area contributed by atoms with Gasteiger partial charge in [-0.2, -0.15) is 0 Å². The summed E-state index contributed by atoms with van der Waals surface area (Å²) < 4.78 is 6.02. The Balaban J connectivity index is 1.93. The van der Waals surface area contributed by atoms with Crippen LogP contribution < -0.4 is 10.5 Å². The van der Waals surface area contributed by atoms with Crippen LogP contribution in [-0.2, 0) is 0 Å². The van der Waals surface area contributed by atoms with Gasteiger partial charge in [-0.1, -0.05) is 24.3 Å². The van der Waals surface area contributed by atoms with Gasteiger partial charge in [0.2, 0.25) is 0 Å². The van der Waals surface area contributed by atoms with Crippen molar-refractivity contribution in [2.45, 2.75) is 13.8 Å². The van der Waals surface area contributed by atoms with Gasteiger partial charge in [0.1, 0.15) is 17.2 Å². The first-order valence-electron chi connectivity index (χ1n) is 8.34. The third kappa shape index (κ3) is 3.40. The molecule has 0 radical (unpaired) electrons. The zero-order chi connectivity index (χ0) is 17.8. The molecule has 5 heteroatoms. The van der Waals surface area contributed by atoms with Crippen LogP contribution in [0.4, 0.5) is 5.69 Å². The second-order valence-electron chi connectivity index (χ2n) is 5.65. The minimum atomic E-state index is -0.0994. The van der Waals surface area contributed by atoms with Crippen molar-refractivity contribution < 1.29 is 9.53 Å². The number of ether oxygens (including phenoxy) is 1. The molecule has 0 aliphatic carbocycles. The lowest BCUT2D eigenvalue weighted by atomic mass is 10.1. The van der Waals surface area contributed by atoms with E-state index in [1.54, 1.807) is 23.2 Å². The maximum absolute atomic E-state index is 12.5. The topological polar surface area (TPSA) is 68.5 Å². The highest BCUT2D eigenvalue weighted by molar-refractivity contribution is 5.97. The van der Waals surface area contributed by atoms with Crippen LogP contribution in [0.25, 0.3) is 10.8 Å². The first-order chi connectivity index (χ1) is 12.1. The smallest absolute Gasteiger partial charge is 0.272 e. The quantitative estimate of drug-likeness (QED) is 0.713. The van der Waals surface area contributed by atoms with Crippen molar-refractivity contribution in [3.8, 4) is 11.5 Å². The molecule has 0 spiro atoms. The summed E-state index contributed by atoms with van der Waals surface area (Å²) in [6, 6.07) is 14.9. The van der Waals surface area contributed by atoms with Crippen molar-refractivity contribution in [2.24, 2.45) is 0 Å². The molecule has 2 aromatic carbocycles. The van der Waals surface area contributed by atoms with Crippen molar-refractivity contribution >= 4 is 22.4 Å². The number of carbonyl (C=O) groups excluding carboxylic acids is 1. The Bertz CT molecular complexity index is 904. The Labute approximate surface area is 147 Å². The average Bonchev–Trinajstić information content (AvgIpc) is 2.65. The summed E-state index contributed by atoms with van der Waals surface area (Å²) in [5, 5.41) is 1.87. The van der Waals surface area contributed by atoms with Gasteiger partial charge in [-0.05, 0) is 32.0 Å². The van der Waals surface area contributed by atoms with Gasteiger partial charge < -0.3 is 15.4 Å². The number of nitrogens with two attached hydrogens (primary N) is 1. The number of pyridine rings is 1. The van der Waals surface area contributed by atoms with Crippen LogP contribution >= 0.6 is 0 Å². The molecule has 1 heterocycles. The number of rotatable bonds is 5. The highest BCUT2D eigenvalue weighted by Crippen LogP contribution is 2.33. The molecule has 0 saturated heterocycles. The zero-order valence-electron chi connectivity index (χ0n) is 14.4. The van der Waals surface area contributed by atoms with Crippen molar-refractivity contribution in [1.29, 1.82) is 0 Å². The molecule has 3 rings (SSSR count). The number of aromatic nitrogens is 1. The van der Waals surface area contributed by atoms with Gasteiger partial charge in [0.25, 0.3) is 5.91 Å². The second kappa shape index (κ2) is 7.21. The van der Waals surface area contributed by atoms with Crippen molar-refractivity contribution in [1.82, 2.24) is 9.88 Å². The van der Waals surface area contributed by atoms with E-state index >= 15 is 0 Å². The van der Waals surface area contributed by atoms with Crippen molar-refractivity contribution in [3.63, 3.8) is 0 Å². The standard InChI is InChI=1S/C20H21N3O2/c1-3-23(4-2)20(24)18-13-14(11-12-22-18)25-19-10-9-17(21)15-7-5-6-8-16(15)19/h5-13H,3-4,21H2,1-2H3. The summed E-state index contributed by atoms with van der Waals surface area (Å²) in [7, 11) is 0. The number of hydrogen-bond donors (Lipinski definition) is 1. The lowest BCUT2D eigenvalue weighted by molar-refractivity contribution is 0.0767. The second-order valence-corrected chi connectivity index (χ2v) is 5.65. The van der Waals surface area contributed by atoms with Gasteiger partial charge >= 0.3 is 0 Å². The van der Waals surface area contributed by atoms with E-state index in [0.717, 1.165) is 10.8 Å². The van der Waals surface area contributed by atoms with E-state index in [4.69, 9.17) is 10.5 Å². The molecule has 0 aliphatic rings. The molecule has 0 bridgehead atoms. The van der Waals surface area contributed by atoms with Crippen molar-refractivity contribution in [3.05, 3.63) is 60.4 Å². The minimum absolute atomic E-state index is 0.0994. The predicted octanol–water partition coefficient (Wildman–Crippen LogP) is 4.09. The van der Waals surface area contributed by atoms with Gasteiger partial charge in [0.15, 0.2) is 0 Å². The van der Waals surface area contributed by atoms with Crippen LogP contribution in [0.3, 0.4) is 0 Å². The molecule has 0 unspecified atom stereocenters. The number of nitrogens with zero attached hydrogens (tertiary/aromatic N) is 2. The van der Waals surface area contributed by atoms with Crippen LogP contribution in [0.15, 0.2) is 54.7 Å². The summed E-state index contributed by atoms with van der Waals surface area (Å²) in [4.78, 5) is 18.4. The van der Waals surface area contributed by atoms with Crippen LogP contribution in [0, 0.1) is 0 Å². The third-order valence-electron chi connectivity index (χ3n) is 4.15. The molecule has 1 aromatic heterocycles. The van der Waals surface area contributed by atoms with E-state index in [1.165, 1.54) is 0 Å². The highest BCUT2D eigenvalue weighted by atomic mass is 16.5. The average molecular weight is 335 g/mol. The predicted molar refractivity (Wildman–Crippen MR) is 99.9 cm³/mol. The van der Waals surface area contributed by atoms with E-state index in [0.29, 0.717) is 36.0 Å². The van der Waals surface area contributed by atoms with Crippen LogP contribution in [0.5, 0.6) is 11.5 Å². The van der Waals surface area contributed by atoms with E-state index in [9.17, 15) is 4.79 Å². The van der Waals surface area contributed by atoms with Gasteiger partial charge in [-0.15, -0.1) is 0 Å². The number of benzene rings is 2. The number of carbonyl (C=O) groups is 1. The van der Waals surface area contributed by atoms with Gasteiger partial charge in [-0.25, -0.2) is 0 Å². The fourth-order valence-electron chi connectivity index (χ4n) is 2.78. The van der Waals surface area contributed by atoms with E-state index in [2.05, 4.69) is 4.98 Å². The molecule has 0 atom stereocenters. The summed E-state index contributed by atoms with van der Waals surface area (Å²) >= 11 is 0. The highest BCUT2D eigenvalue weighted by Gasteiger charge is 2.15. The molecule has 0 aliphatic heterocycles. The summed E-state index contributed by atoms with van der Waals surface area (Å²) in [5.74, 6) is 1.16. The number of anilines is 1. The van der Waals surface area contributed by atoms with E-state index < -0.39 is 0 Å². The summed E-state index contributed by atoms with van der Waals surface area (Å²) in [5.41, 5.74) is 7.11. The third-order valence-corrected chi connectivity index (χ3v) is 4.15. The van der Waals surface area contributed by atoms with Gasteiger partial charge in [0.05, 0.1) is 0 Å². The molecule has 0 fully saturated rings. The zero-order valence-corrected chi connectivity index (χ0v) is 14.4. The molecule has 25 heavy (non-hydrogen) atoms. The summed E-state index contributed by atoms with van der Waals surface area (Å²) in [6.07, 6.45) is 1.59. The Morgan fingerprint density at radius 3 is 2.52 bits per heavy atom. The van der Waals surface area contributed by atoms with Crippen LogP contribution in [-0.4, -0.2) is 28.9 Å². The molecular weight excluding hydrogens is 314 g/mol. The van der Waals surface area contributed by atoms with Crippen molar-refractivity contribution in [2.75, 3.05) is 18.8 Å². The van der Waals surface area contributed by atoms with Crippen LogP contribution in [0.1, 0.15) is 24.3 Å². The fraction of sp³-hybridized carbons (Fsp3) is 0.200. The molecule has 0 saturated carbocycles. The first kappa shape index (κ1) is 16.8. The van der Waals surface area contributed by atoms with E-state index in [-0.39, 0.29) is 5.91 Å². The first-order valence-corrected chi connectivity index (χ1v) is 8.34. The van der Waals surface area contributed by atoms with Gasteiger partial charge in [-0.3, -0.25) is 9.78 Å². The molecule has 1 amide bonds. The number of fused-ring (bicyclic) bond motifs is 1. The normalized spacial score (nSPS) is 10.6. The molecule has 5 nitrogen and oxygen atoms in total.